The second-order valence-electron chi connectivity index (χ2n) is 4.86. The molecule has 0 saturated carbocycles. The summed E-state index contributed by atoms with van der Waals surface area (Å²) in [7, 11) is 0. The fourth-order valence-electron chi connectivity index (χ4n) is 2.38. The zero-order valence-corrected chi connectivity index (χ0v) is 10.7. The molecule has 18 heavy (non-hydrogen) atoms. The number of benzene rings is 1. The van der Waals surface area contributed by atoms with Crippen LogP contribution in [-0.4, -0.2) is 41.7 Å². The molecule has 1 heterocycles. The zero-order valence-electron chi connectivity index (χ0n) is 10.7. The Morgan fingerprint density at radius 1 is 1.44 bits per heavy atom. The van der Waals surface area contributed by atoms with Crippen LogP contribution in [0.2, 0.25) is 0 Å². The second-order valence-corrected chi connectivity index (χ2v) is 4.86. The fourth-order valence-corrected chi connectivity index (χ4v) is 2.38. The van der Waals surface area contributed by atoms with Crippen LogP contribution in [0, 0.1) is 0 Å². The smallest absolute Gasteiger partial charge is 0.307 e. The molecular formula is C14H20N2O2. The number of rotatable bonds is 4. The van der Waals surface area contributed by atoms with Gasteiger partial charge in [0.05, 0.1) is 6.42 Å². The molecule has 0 aromatic heterocycles. The van der Waals surface area contributed by atoms with Gasteiger partial charge < -0.3 is 10.4 Å². The van der Waals surface area contributed by atoms with E-state index in [1.54, 1.807) is 0 Å². The van der Waals surface area contributed by atoms with E-state index in [2.05, 4.69) is 17.1 Å². The minimum absolute atomic E-state index is 0.108. The molecule has 2 N–H and O–H groups in total. The lowest BCUT2D eigenvalue weighted by Crippen LogP contribution is -2.49. The minimum Gasteiger partial charge on any atom is -0.481 e. The third-order valence-electron chi connectivity index (χ3n) is 3.47. The lowest BCUT2D eigenvalue weighted by molar-refractivity contribution is -0.136. The molecule has 0 bridgehead atoms. The van der Waals surface area contributed by atoms with Crippen LogP contribution in [0.25, 0.3) is 0 Å². The van der Waals surface area contributed by atoms with E-state index in [-0.39, 0.29) is 6.42 Å². The van der Waals surface area contributed by atoms with Crippen molar-refractivity contribution >= 4 is 5.97 Å². The monoisotopic (exact) mass is 248 g/mol. The van der Waals surface area contributed by atoms with Gasteiger partial charge in [-0.25, -0.2) is 0 Å². The van der Waals surface area contributed by atoms with E-state index >= 15 is 0 Å². The summed E-state index contributed by atoms with van der Waals surface area (Å²) < 4.78 is 0. The van der Waals surface area contributed by atoms with Crippen LogP contribution in [0.5, 0.6) is 0 Å². The molecule has 0 radical (unpaired) electrons. The Kier molecular flexibility index (Phi) is 4.33. The van der Waals surface area contributed by atoms with E-state index in [1.165, 1.54) is 0 Å². The number of hydrogen-bond donors (Lipinski definition) is 2. The summed E-state index contributed by atoms with van der Waals surface area (Å²) in [6.07, 6.45) is 0.108. The SMILES string of the molecule is C[C@H]1CNCCN1Cc1ccccc1CC(=O)O. The molecule has 98 valence electrons. The zero-order chi connectivity index (χ0) is 13.0. The normalized spacial score (nSPS) is 20.8. The lowest BCUT2D eigenvalue weighted by atomic mass is 10.0. The highest BCUT2D eigenvalue weighted by Gasteiger charge is 2.19. The van der Waals surface area contributed by atoms with Gasteiger partial charge in [-0.05, 0) is 18.1 Å². The molecule has 1 atom stereocenters. The number of aliphatic carboxylic acids is 1. The van der Waals surface area contributed by atoms with Crippen molar-refractivity contribution in [2.75, 3.05) is 19.6 Å². The maximum absolute atomic E-state index is 10.9. The van der Waals surface area contributed by atoms with Crippen molar-refractivity contribution in [1.82, 2.24) is 10.2 Å². The largest absolute Gasteiger partial charge is 0.481 e. The number of hydrogen-bond acceptors (Lipinski definition) is 3. The molecule has 0 amide bonds. The molecule has 1 fully saturated rings. The molecular weight excluding hydrogens is 228 g/mol. The van der Waals surface area contributed by atoms with E-state index < -0.39 is 5.97 Å². The van der Waals surface area contributed by atoms with Crippen LogP contribution in [-0.2, 0) is 17.8 Å². The van der Waals surface area contributed by atoms with Gasteiger partial charge in [0.25, 0.3) is 0 Å². The van der Waals surface area contributed by atoms with Gasteiger partial charge in [-0.15, -0.1) is 0 Å². The average Bonchev–Trinajstić information content (AvgIpc) is 2.34. The molecule has 0 spiro atoms. The number of nitrogens with zero attached hydrogens (tertiary/aromatic N) is 1. The van der Waals surface area contributed by atoms with E-state index in [1.807, 2.05) is 24.3 Å². The fraction of sp³-hybridized carbons (Fsp3) is 0.500. The second kappa shape index (κ2) is 5.98. The molecule has 2 rings (SSSR count). The van der Waals surface area contributed by atoms with Gasteiger partial charge in [0.1, 0.15) is 0 Å². The topological polar surface area (TPSA) is 52.6 Å². The number of nitrogens with one attached hydrogen (secondary N) is 1. The summed E-state index contributed by atoms with van der Waals surface area (Å²) in [5, 5.41) is 12.3. The number of carbonyl (C=O) groups is 1. The Labute approximate surface area is 108 Å². The Bertz CT molecular complexity index is 420. The van der Waals surface area contributed by atoms with E-state index in [0.717, 1.165) is 37.3 Å². The molecule has 1 aromatic carbocycles. The van der Waals surface area contributed by atoms with Gasteiger partial charge in [0.15, 0.2) is 0 Å². The first-order valence-electron chi connectivity index (χ1n) is 6.40. The molecule has 0 aliphatic carbocycles. The van der Waals surface area contributed by atoms with Crippen molar-refractivity contribution in [2.24, 2.45) is 0 Å². The van der Waals surface area contributed by atoms with E-state index in [9.17, 15) is 4.79 Å². The van der Waals surface area contributed by atoms with Crippen molar-refractivity contribution in [2.45, 2.75) is 25.9 Å². The predicted octanol–water partition coefficient (Wildman–Crippen LogP) is 1.11. The van der Waals surface area contributed by atoms with Gasteiger partial charge in [0, 0.05) is 32.2 Å². The van der Waals surface area contributed by atoms with Crippen LogP contribution in [0.1, 0.15) is 18.1 Å². The van der Waals surface area contributed by atoms with Crippen molar-refractivity contribution in [3.63, 3.8) is 0 Å². The van der Waals surface area contributed by atoms with Crippen molar-refractivity contribution < 1.29 is 9.90 Å². The summed E-state index contributed by atoms with van der Waals surface area (Å²) >= 11 is 0. The van der Waals surface area contributed by atoms with Gasteiger partial charge >= 0.3 is 5.97 Å². The first-order chi connectivity index (χ1) is 8.66. The van der Waals surface area contributed by atoms with Gasteiger partial charge in [-0.1, -0.05) is 24.3 Å². The molecule has 1 saturated heterocycles. The Balaban J connectivity index is 2.10. The average molecular weight is 248 g/mol. The predicted molar refractivity (Wildman–Crippen MR) is 70.5 cm³/mol. The summed E-state index contributed by atoms with van der Waals surface area (Å²) in [5.41, 5.74) is 2.06. The summed E-state index contributed by atoms with van der Waals surface area (Å²) in [5.74, 6) is -0.768. The van der Waals surface area contributed by atoms with Gasteiger partial charge in [-0.2, -0.15) is 0 Å². The first-order valence-corrected chi connectivity index (χ1v) is 6.40. The van der Waals surface area contributed by atoms with Crippen LogP contribution >= 0.6 is 0 Å². The highest BCUT2D eigenvalue weighted by atomic mass is 16.4. The van der Waals surface area contributed by atoms with E-state index in [4.69, 9.17) is 5.11 Å². The van der Waals surface area contributed by atoms with Crippen LogP contribution < -0.4 is 5.32 Å². The van der Waals surface area contributed by atoms with Gasteiger partial charge in [0.2, 0.25) is 0 Å². The molecule has 4 heteroatoms. The Hall–Kier alpha value is -1.39. The summed E-state index contributed by atoms with van der Waals surface area (Å²) in [6.45, 7) is 6.06. The maximum atomic E-state index is 10.9. The van der Waals surface area contributed by atoms with Crippen molar-refractivity contribution in [3.05, 3.63) is 35.4 Å². The molecule has 1 aliphatic heterocycles. The highest BCUT2D eigenvalue weighted by Crippen LogP contribution is 2.15. The highest BCUT2D eigenvalue weighted by molar-refractivity contribution is 5.70. The first kappa shape index (κ1) is 13.1. The van der Waals surface area contributed by atoms with Crippen LogP contribution in [0.4, 0.5) is 0 Å². The third-order valence-corrected chi connectivity index (χ3v) is 3.47. The van der Waals surface area contributed by atoms with E-state index in [0.29, 0.717) is 6.04 Å². The summed E-state index contributed by atoms with van der Waals surface area (Å²) in [4.78, 5) is 13.3. The number of carboxylic acid groups (broad SMARTS) is 1. The minimum atomic E-state index is -0.768. The third kappa shape index (κ3) is 3.31. The quantitative estimate of drug-likeness (QED) is 0.838. The Morgan fingerprint density at radius 2 is 2.17 bits per heavy atom. The molecule has 0 unspecified atom stereocenters. The van der Waals surface area contributed by atoms with Crippen molar-refractivity contribution in [3.8, 4) is 0 Å². The number of piperazine rings is 1. The van der Waals surface area contributed by atoms with Crippen LogP contribution in [0.3, 0.4) is 0 Å². The molecule has 1 aromatic rings. The standard InChI is InChI=1S/C14H20N2O2/c1-11-9-15-6-7-16(11)10-13-5-3-2-4-12(13)8-14(17)18/h2-5,11,15H,6-10H2,1H3,(H,17,18)/t11-/m0/s1. The van der Waals surface area contributed by atoms with Crippen molar-refractivity contribution in [1.29, 1.82) is 0 Å². The van der Waals surface area contributed by atoms with Gasteiger partial charge in [-0.3, -0.25) is 9.69 Å². The molecule has 4 nitrogen and oxygen atoms in total. The molecule has 1 aliphatic rings. The lowest BCUT2D eigenvalue weighted by Gasteiger charge is -2.34. The summed E-state index contributed by atoms with van der Waals surface area (Å²) in [6, 6.07) is 8.33. The number of carboxylic acids is 1. The van der Waals surface area contributed by atoms with Crippen LogP contribution in [0.15, 0.2) is 24.3 Å². The maximum Gasteiger partial charge on any atom is 0.307 e. The Morgan fingerprint density at radius 3 is 2.83 bits per heavy atom.